The van der Waals surface area contributed by atoms with Crippen molar-refractivity contribution in [1.82, 2.24) is 5.32 Å². The fourth-order valence-electron chi connectivity index (χ4n) is 4.66. The number of hydrogen-bond donors (Lipinski definition) is 3. The van der Waals surface area contributed by atoms with Gasteiger partial charge in [-0.15, -0.1) is 0 Å². The Morgan fingerprint density at radius 2 is 1.93 bits per heavy atom. The highest BCUT2D eigenvalue weighted by molar-refractivity contribution is 6.31. The van der Waals surface area contributed by atoms with Crippen molar-refractivity contribution in [3.05, 3.63) is 69.0 Å². The summed E-state index contributed by atoms with van der Waals surface area (Å²) < 4.78 is 15.1. The second kappa shape index (κ2) is 8.12. The van der Waals surface area contributed by atoms with Crippen molar-refractivity contribution in [1.29, 1.82) is 0 Å². The van der Waals surface area contributed by atoms with Crippen LogP contribution in [0.5, 0.6) is 0 Å². The number of rotatable bonds is 4. The molecule has 0 aliphatic carbocycles. The molecule has 30 heavy (non-hydrogen) atoms. The van der Waals surface area contributed by atoms with Gasteiger partial charge in [-0.1, -0.05) is 62.2 Å². The molecule has 1 aliphatic rings. The number of carboxylic acid groups (broad SMARTS) is 1. The summed E-state index contributed by atoms with van der Waals surface area (Å²) in [5.74, 6) is -2.60. The highest BCUT2D eigenvalue weighted by Gasteiger charge is 2.58. The molecule has 0 bridgehead atoms. The van der Waals surface area contributed by atoms with Crippen LogP contribution in [-0.2, 0) is 10.3 Å². The van der Waals surface area contributed by atoms with Crippen molar-refractivity contribution >= 4 is 29.2 Å². The molecule has 2 aromatic carbocycles. The van der Waals surface area contributed by atoms with Crippen LogP contribution in [-0.4, -0.2) is 23.2 Å². The van der Waals surface area contributed by atoms with Gasteiger partial charge < -0.3 is 10.8 Å². The number of aliphatic carboxylic acids is 1. The average Bonchev–Trinajstić information content (AvgIpc) is 2.89. The molecule has 2 aromatic rings. The van der Waals surface area contributed by atoms with Gasteiger partial charge in [-0.05, 0) is 53.6 Å². The van der Waals surface area contributed by atoms with E-state index in [1.54, 1.807) is 24.3 Å². The summed E-state index contributed by atoms with van der Waals surface area (Å²) >= 11 is 12.2. The van der Waals surface area contributed by atoms with E-state index in [1.807, 2.05) is 13.0 Å². The first kappa shape index (κ1) is 23.0. The Kier molecular flexibility index (Phi) is 6.23. The smallest absolute Gasteiger partial charge is 0.321 e. The van der Waals surface area contributed by atoms with Gasteiger partial charge in [0.2, 0.25) is 0 Å². The molecule has 162 valence electrons. The molecule has 1 aliphatic heterocycles. The molecule has 0 unspecified atom stereocenters. The Balaban J connectivity index is 2.30. The third-order valence-electron chi connectivity index (χ3n) is 5.86. The zero-order valence-electron chi connectivity index (χ0n) is 17.5. The predicted octanol–water partition coefficient (Wildman–Crippen LogP) is 5.24. The summed E-state index contributed by atoms with van der Waals surface area (Å²) in [4.78, 5) is 12.3. The van der Waals surface area contributed by atoms with Gasteiger partial charge in [-0.25, -0.2) is 4.39 Å². The maximum atomic E-state index is 15.1. The third-order valence-corrected chi connectivity index (χ3v) is 6.39. The van der Waals surface area contributed by atoms with Crippen molar-refractivity contribution in [3.8, 4) is 0 Å². The number of carbonyl (C=O) groups is 1. The summed E-state index contributed by atoms with van der Waals surface area (Å²) in [6.07, 6.45) is 0.591. The molecule has 1 fully saturated rings. The molecule has 0 saturated carbocycles. The minimum absolute atomic E-state index is 0.0638. The fraction of sp³-hybridized carbons (Fsp3) is 0.435. The predicted molar refractivity (Wildman–Crippen MR) is 119 cm³/mol. The minimum Gasteiger partial charge on any atom is -0.480 e. The van der Waals surface area contributed by atoms with E-state index in [0.717, 1.165) is 11.1 Å². The molecule has 0 amide bonds. The van der Waals surface area contributed by atoms with Gasteiger partial charge in [0.1, 0.15) is 11.9 Å². The van der Waals surface area contributed by atoms with Crippen LogP contribution < -0.4 is 11.1 Å². The van der Waals surface area contributed by atoms with E-state index in [0.29, 0.717) is 11.4 Å². The average molecular weight is 453 g/mol. The SMILES string of the molecule is Cc1cc(Cl)ccc1[C@@]1(N)[C@H](CC(C)(C)C)N[C@@H](C(=O)O)[C@@H]1c1cccc(Cl)c1F. The lowest BCUT2D eigenvalue weighted by molar-refractivity contribution is -0.139. The van der Waals surface area contributed by atoms with E-state index in [9.17, 15) is 9.90 Å². The van der Waals surface area contributed by atoms with Gasteiger partial charge in [0.15, 0.2) is 0 Å². The molecule has 0 spiro atoms. The number of benzene rings is 2. The first-order chi connectivity index (χ1) is 13.9. The molecule has 4 atom stereocenters. The number of halogens is 3. The maximum Gasteiger partial charge on any atom is 0.321 e. The molecular formula is C23H27Cl2FN2O2. The number of aryl methyl sites for hydroxylation is 1. The number of carboxylic acids is 1. The lowest BCUT2D eigenvalue weighted by Gasteiger charge is -2.40. The Labute approximate surface area is 186 Å². The second-order valence-electron chi connectivity index (χ2n) is 9.31. The molecule has 4 nitrogen and oxygen atoms in total. The number of nitrogens with two attached hydrogens (primary N) is 1. The van der Waals surface area contributed by atoms with Gasteiger partial charge in [0.25, 0.3) is 0 Å². The molecule has 3 rings (SSSR count). The summed E-state index contributed by atoms with van der Waals surface area (Å²) in [5, 5.41) is 13.7. The standard InChI is InChI=1S/C23H27Cl2FN2O2/c1-12-10-13(24)8-9-15(12)23(27)17(11-22(2,3)4)28-20(21(29)30)18(23)14-6-5-7-16(25)19(14)26/h5-10,17-18,20,28H,11,27H2,1-4H3,(H,29,30)/t17-,18-,20+,23+/m0/s1. The van der Waals surface area contributed by atoms with E-state index in [2.05, 4.69) is 26.1 Å². The summed E-state index contributed by atoms with van der Waals surface area (Å²) in [6.45, 7) is 8.07. The maximum absolute atomic E-state index is 15.1. The fourth-order valence-corrected chi connectivity index (χ4v) is 5.07. The highest BCUT2D eigenvalue weighted by atomic mass is 35.5. The van der Waals surface area contributed by atoms with Crippen molar-refractivity contribution in [2.24, 2.45) is 11.1 Å². The molecule has 1 saturated heterocycles. The lowest BCUT2D eigenvalue weighted by Crippen LogP contribution is -2.52. The molecule has 1 heterocycles. The van der Waals surface area contributed by atoms with Gasteiger partial charge in [-0.2, -0.15) is 0 Å². The van der Waals surface area contributed by atoms with Crippen molar-refractivity contribution < 1.29 is 14.3 Å². The third kappa shape index (κ3) is 4.09. The van der Waals surface area contributed by atoms with Gasteiger partial charge in [-0.3, -0.25) is 10.1 Å². The first-order valence-electron chi connectivity index (χ1n) is 9.84. The van der Waals surface area contributed by atoms with Crippen molar-refractivity contribution in [2.75, 3.05) is 0 Å². The number of hydrogen-bond acceptors (Lipinski definition) is 3. The Hall–Kier alpha value is -1.66. The number of nitrogens with one attached hydrogen (secondary N) is 1. The van der Waals surface area contributed by atoms with Crippen LogP contribution in [0.1, 0.15) is 49.8 Å². The van der Waals surface area contributed by atoms with Crippen molar-refractivity contribution in [3.63, 3.8) is 0 Å². The highest BCUT2D eigenvalue weighted by Crippen LogP contribution is 2.49. The Bertz CT molecular complexity index is 976. The van der Waals surface area contributed by atoms with E-state index < -0.39 is 35.3 Å². The summed E-state index contributed by atoms with van der Waals surface area (Å²) in [6, 6.07) is 8.46. The van der Waals surface area contributed by atoms with E-state index in [4.69, 9.17) is 28.9 Å². The Morgan fingerprint density at radius 1 is 1.27 bits per heavy atom. The van der Waals surface area contributed by atoms with Crippen molar-refractivity contribution in [2.45, 2.75) is 57.7 Å². The van der Waals surface area contributed by atoms with Gasteiger partial charge >= 0.3 is 5.97 Å². The van der Waals surface area contributed by atoms with Crippen LogP contribution in [0.15, 0.2) is 36.4 Å². The van der Waals surface area contributed by atoms with Crippen LogP contribution in [0.3, 0.4) is 0 Å². The van der Waals surface area contributed by atoms with E-state index in [-0.39, 0.29) is 16.0 Å². The molecular weight excluding hydrogens is 426 g/mol. The van der Waals surface area contributed by atoms with Crippen LogP contribution in [0.4, 0.5) is 4.39 Å². The van der Waals surface area contributed by atoms with E-state index in [1.165, 1.54) is 6.07 Å². The largest absolute Gasteiger partial charge is 0.480 e. The van der Waals surface area contributed by atoms with Crippen LogP contribution in [0.25, 0.3) is 0 Å². The molecule has 7 heteroatoms. The zero-order chi connectivity index (χ0) is 22.4. The molecule has 4 N–H and O–H groups in total. The van der Waals surface area contributed by atoms with Crippen LogP contribution >= 0.6 is 23.2 Å². The monoisotopic (exact) mass is 452 g/mol. The van der Waals surface area contributed by atoms with Crippen LogP contribution in [0, 0.1) is 18.2 Å². The normalized spacial score (nSPS) is 26.7. The quantitative estimate of drug-likeness (QED) is 0.592. The van der Waals surface area contributed by atoms with Crippen LogP contribution in [0.2, 0.25) is 10.0 Å². The van der Waals surface area contributed by atoms with Gasteiger partial charge in [0, 0.05) is 17.0 Å². The topological polar surface area (TPSA) is 75.3 Å². The minimum atomic E-state index is -1.20. The zero-order valence-corrected chi connectivity index (χ0v) is 19.0. The molecule has 0 radical (unpaired) electrons. The van der Waals surface area contributed by atoms with E-state index >= 15 is 4.39 Å². The second-order valence-corrected chi connectivity index (χ2v) is 10.2. The Morgan fingerprint density at radius 3 is 2.50 bits per heavy atom. The van der Waals surface area contributed by atoms with Gasteiger partial charge in [0.05, 0.1) is 10.6 Å². The summed E-state index contributed by atoms with van der Waals surface area (Å²) in [5.41, 5.74) is 7.54. The summed E-state index contributed by atoms with van der Waals surface area (Å²) in [7, 11) is 0. The first-order valence-corrected chi connectivity index (χ1v) is 10.6. The lowest BCUT2D eigenvalue weighted by atomic mass is 9.67. The molecule has 0 aromatic heterocycles.